The summed E-state index contributed by atoms with van der Waals surface area (Å²) >= 11 is 8.41. The zero-order chi connectivity index (χ0) is 13.7. The Balaban J connectivity index is 1.83. The van der Waals surface area contributed by atoms with E-state index in [1.807, 2.05) is 29.1 Å². The first-order chi connectivity index (χ1) is 9.16. The Bertz CT molecular complexity index is 555. The quantitative estimate of drug-likeness (QED) is 0.623. The molecule has 0 aliphatic carbocycles. The monoisotopic (exact) mass is 339 g/mol. The van der Waals surface area contributed by atoms with Crippen LogP contribution in [-0.2, 0) is 6.54 Å². The summed E-state index contributed by atoms with van der Waals surface area (Å²) in [4.78, 5) is 0.393. The molecule has 7 heteroatoms. The lowest BCUT2D eigenvalue weighted by atomic mass is 10.2. The Morgan fingerprint density at radius 2 is 2.32 bits per heavy atom. The van der Waals surface area contributed by atoms with Gasteiger partial charge in [0.05, 0.1) is 6.20 Å². The number of aromatic nitrogens is 3. The van der Waals surface area contributed by atoms with Crippen LogP contribution in [0, 0.1) is 0 Å². The number of hydrogen-bond acceptors (Lipinski definition) is 4. The number of hydrogen-bond donors (Lipinski definition) is 2. The smallest absolute Gasteiger partial charge is 0.105 e. The standard InChI is InChI=1S/C12H14BrN5S/c13-11-8-9(2-3-10(11)12(14)19)15-4-1-6-18-7-5-16-17-18/h2-3,5,7-8,15H,1,4,6H2,(H2,14,19). The van der Waals surface area contributed by atoms with E-state index in [2.05, 4.69) is 31.6 Å². The summed E-state index contributed by atoms with van der Waals surface area (Å²) in [6, 6.07) is 5.85. The van der Waals surface area contributed by atoms with Gasteiger partial charge in [-0.25, -0.2) is 0 Å². The Hall–Kier alpha value is -1.47. The van der Waals surface area contributed by atoms with Crippen LogP contribution in [0.2, 0.25) is 0 Å². The summed E-state index contributed by atoms with van der Waals surface area (Å²) in [6.45, 7) is 1.71. The van der Waals surface area contributed by atoms with Crippen LogP contribution in [0.3, 0.4) is 0 Å². The summed E-state index contributed by atoms with van der Waals surface area (Å²) < 4.78 is 2.72. The van der Waals surface area contributed by atoms with Crippen molar-refractivity contribution in [1.82, 2.24) is 15.0 Å². The fourth-order valence-electron chi connectivity index (χ4n) is 1.65. The van der Waals surface area contributed by atoms with Crippen molar-refractivity contribution in [2.24, 2.45) is 5.73 Å². The van der Waals surface area contributed by atoms with E-state index < -0.39 is 0 Å². The van der Waals surface area contributed by atoms with Gasteiger partial charge < -0.3 is 11.1 Å². The van der Waals surface area contributed by atoms with Gasteiger partial charge in [-0.05, 0) is 40.5 Å². The maximum absolute atomic E-state index is 5.61. The van der Waals surface area contributed by atoms with Gasteiger partial charge in [0.15, 0.2) is 0 Å². The van der Waals surface area contributed by atoms with Crippen molar-refractivity contribution in [3.63, 3.8) is 0 Å². The Morgan fingerprint density at radius 1 is 1.47 bits per heavy atom. The molecule has 0 saturated carbocycles. The molecule has 0 spiro atoms. The summed E-state index contributed by atoms with van der Waals surface area (Å²) in [6.07, 6.45) is 4.50. The number of anilines is 1. The molecule has 1 aromatic heterocycles. The lowest BCUT2D eigenvalue weighted by Gasteiger charge is -2.09. The van der Waals surface area contributed by atoms with E-state index in [4.69, 9.17) is 18.0 Å². The van der Waals surface area contributed by atoms with Crippen LogP contribution < -0.4 is 11.1 Å². The van der Waals surface area contributed by atoms with E-state index in [-0.39, 0.29) is 0 Å². The second kappa shape index (κ2) is 6.63. The fraction of sp³-hybridized carbons (Fsp3) is 0.250. The number of rotatable bonds is 6. The van der Waals surface area contributed by atoms with Crippen molar-refractivity contribution >= 4 is 38.8 Å². The molecule has 100 valence electrons. The number of benzene rings is 1. The average Bonchev–Trinajstić information content (AvgIpc) is 2.87. The zero-order valence-corrected chi connectivity index (χ0v) is 12.6. The largest absolute Gasteiger partial charge is 0.389 e. The molecule has 19 heavy (non-hydrogen) atoms. The van der Waals surface area contributed by atoms with Gasteiger partial charge in [-0.2, -0.15) is 0 Å². The maximum atomic E-state index is 5.61. The lowest BCUT2D eigenvalue weighted by molar-refractivity contribution is 0.570. The third kappa shape index (κ3) is 4.00. The number of nitrogens with one attached hydrogen (secondary N) is 1. The predicted molar refractivity (Wildman–Crippen MR) is 83.2 cm³/mol. The van der Waals surface area contributed by atoms with E-state index in [0.717, 1.165) is 35.2 Å². The van der Waals surface area contributed by atoms with Crippen LogP contribution in [0.5, 0.6) is 0 Å². The Morgan fingerprint density at radius 3 is 2.95 bits per heavy atom. The summed E-state index contributed by atoms with van der Waals surface area (Å²) in [5.74, 6) is 0. The maximum Gasteiger partial charge on any atom is 0.105 e. The topological polar surface area (TPSA) is 68.8 Å². The molecule has 3 N–H and O–H groups in total. The van der Waals surface area contributed by atoms with E-state index in [1.54, 1.807) is 6.20 Å². The molecule has 0 aliphatic rings. The number of thiocarbonyl (C=S) groups is 1. The van der Waals surface area contributed by atoms with Gasteiger partial charge in [-0.15, -0.1) is 5.10 Å². The predicted octanol–water partition coefficient (Wildman–Crippen LogP) is 2.18. The lowest BCUT2D eigenvalue weighted by Crippen LogP contribution is -2.11. The molecule has 0 saturated heterocycles. The molecule has 2 aromatic rings. The molecule has 0 atom stereocenters. The normalized spacial score (nSPS) is 10.4. The molecule has 0 aliphatic heterocycles. The van der Waals surface area contributed by atoms with Crippen LogP contribution in [0.1, 0.15) is 12.0 Å². The highest BCUT2D eigenvalue weighted by Crippen LogP contribution is 2.21. The van der Waals surface area contributed by atoms with Crippen molar-refractivity contribution in [2.45, 2.75) is 13.0 Å². The minimum Gasteiger partial charge on any atom is -0.389 e. The number of nitrogens with zero attached hydrogens (tertiary/aromatic N) is 3. The molecular weight excluding hydrogens is 326 g/mol. The van der Waals surface area contributed by atoms with Gasteiger partial charge in [0.25, 0.3) is 0 Å². The highest BCUT2D eigenvalue weighted by Gasteiger charge is 2.03. The molecule has 5 nitrogen and oxygen atoms in total. The Labute approximate surface area is 125 Å². The zero-order valence-electron chi connectivity index (χ0n) is 10.2. The van der Waals surface area contributed by atoms with Gasteiger partial charge >= 0.3 is 0 Å². The minimum atomic E-state index is 0.393. The van der Waals surface area contributed by atoms with Crippen LogP contribution in [0.15, 0.2) is 35.1 Å². The van der Waals surface area contributed by atoms with Gasteiger partial charge in [0, 0.05) is 35.0 Å². The number of halogens is 1. The second-order valence-electron chi connectivity index (χ2n) is 4.01. The van der Waals surface area contributed by atoms with Crippen molar-refractivity contribution in [3.05, 3.63) is 40.6 Å². The Kier molecular flexibility index (Phi) is 4.86. The van der Waals surface area contributed by atoms with E-state index in [1.165, 1.54) is 0 Å². The molecular formula is C12H14BrN5S. The van der Waals surface area contributed by atoms with Crippen LogP contribution >= 0.6 is 28.1 Å². The van der Waals surface area contributed by atoms with Crippen LogP contribution in [-0.4, -0.2) is 26.5 Å². The van der Waals surface area contributed by atoms with Gasteiger partial charge in [0.1, 0.15) is 4.99 Å². The van der Waals surface area contributed by atoms with Crippen molar-refractivity contribution in [2.75, 3.05) is 11.9 Å². The molecule has 1 aromatic carbocycles. The summed E-state index contributed by atoms with van der Waals surface area (Å²) in [5, 5.41) is 11.0. The van der Waals surface area contributed by atoms with Crippen molar-refractivity contribution < 1.29 is 0 Å². The fourth-order valence-corrected chi connectivity index (χ4v) is 2.55. The van der Waals surface area contributed by atoms with Gasteiger partial charge in [-0.1, -0.05) is 17.4 Å². The minimum absolute atomic E-state index is 0.393. The first-order valence-corrected chi connectivity index (χ1v) is 7.04. The molecule has 2 rings (SSSR count). The average molecular weight is 340 g/mol. The van der Waals surface area contributed by atoms with Crippen LogP contribution in [0.25, 0.3) is 0 Å². The molecule has 0 radical (unpaired) electrons. The number of nitrogens with two attached hydrogens (primary N) is 1. The second-order valence-corrected chi connectivity index (χ2v) is 5.30. The summed E-state index contributed by atoms with van der Waals surface area (Å²) in [7, 11) is 0. The third-order valence-electron chi connectivity index (χ3n) is 2.60. The third-order valence-corrected chi connectivity index (χ3v) is 3.48. The molecule has 1 heterocycles. The number of aryl methyl sites for hydroxylation is 1. The highest BCUT2D eigenvalue weighted by molar-refractivity contribution is 9.10. The van der Waals surface area contributed by atoms with Crippen molar-refractivity contribution in [1.29, 1.82) is 0 Å². The molecule has 0 fully saturated rings. The van der Waals surface area contributed by atoms with Gasteiger partial charge in [-0.3, -0.25) is 4.68 Å². The van der Waals surface area contributed by atoms with Crippen molar-refractivity contribution in [3.8, 4) is 0 Å². The molecule has 0 unspecified atom stereocenters. The first-order valence-electron chi connectivity index (χ1n) is 5.84. The van der Waals surface area contributed by atoms with Crippen LogP contribution in [0.4, 0.5) is 5.69 Å². The van der Waals surface area contributed by atoms with Gasteiger partial charge in [0.2, 0.25) is 0 Å². The molecule has 0 bridgehead atoms. The van der Waals surface area contributed by atoms with E-state index >= 15 is 0 Å². The van der Waals surface area contributed by atoms with E-state index in [0.29, 0.717) is 4.99 Å². The first kappa shape index (κ1) is 14.0. The summed E-state index contributed by atoms with van der Waals surface area (Å²) in [5.41, 5.74) is 7.49. The SMILES string of the molecule is NC(=S)c1ccc(NCCCn2ccnn2)cc1Br. The highest BCUT2D eigenvalue weighted by atomic mass is 79.9. The molecule has 0 amide bonds. The van der Waals surface area contributed by atoms with E-state index in [9.17, 15) is 0 Å².